The van der Waals surface area contributed by atoms with Crippen molar-refractivity contribution in [2.24, 2.45) is 0 Å². The third-order valence-electron chi connectivity index (χ3n) is 2.26. The summed E-state index contributed by atoms with van der Waals surface area (Å²) in [6.45, 7) is 0. The minimum atomic E-state index is 0.716. The van der Waals surface area contributed by atoms with E-state index < -0.39 is 0 Å². The molecule has 0 spiro atoms. The van der Waals surface area contributed by atoms with Crippen LogP contribution in [0.1, 0.15) is 0 Å². The molecule has 2 heterocycles. The Labute approximate surface area is 105 Å². The van der Waals surface area contributed by atoms with Crippen molar-refractivity contribution in [1.82, 2.24) is 19.9 Å². The number of imidazole rings is 1. The zero-order chi connectivity index (χ0) is 11.0. The third kappa shape index (κ3) is 1.67. The summed E-state index contributed by atoms with van der Waals surface area (Å²) in [6.07, 6.45) is 1.73. The van der Waals surface area contributed by atoms with E-state index >= 15 is 0 Å². The van der Waals surface area contributed by atoms with E-state index in [1.54, 1.807) is 6.20 Å². The molecule has 78 valence electrons. The summed E-state index contributed by atoms with van der Waals surface area (Å²) < 4.78 is 0.716. The number of H-pyrrole nitrogens is 1. The first kappa shape index (κ1) is 9.71. The first-order valence-electron chi connectivity index (χ1n) is 4.76. The van der Waals surface area contributed by atoms with Gasteiger partial charge in [-0.05, 0) is 0 Å². The van der Waals surface area contributed by atoms with Crippen LogP contribution in [0.2, 0.25) is 0 Å². The quantitative estimate of drug-likeness (QED) is 0.553. The molecule has 1 aromatic carbocycles. The molecule has 0 aliphatic heterocycles. The summed E-state index contributed by atoms with van der Waals surface area (Å²) >= 11 is 2.08. The predicted octanol–water partition coefficient (Wildman–Crippen LogP) is 2.62. The summed E-state index contributed by atoms with van der Waals surface area (Å²) in [4.78, 5) is 16.0. The lowest BCUT2D eigenvalue weighted by Gasteiger charge is -1.92. The number of nitrogens with one attached hydrogen (secondary N) is 1. The Morgan fingerprint density at radius 2 is 1.88 bits per heavy atom. The van der Waals surface area contributed by atoms with Gasteiger partial charge in [0.15, 0.2) is 9.48 Å². The zero-order valence-electron chi connectivity index (χ0n) is 8.18. The van der Waals surface area contributed by atoms with Crippen molar-refractivity contribution in [1.29, 1.82) is 0 Å². The van der Waals surface area contributed by atoms with E-state index in [1.807, 2.05) is 30.3 Å². The molecule has 0 saturated heterocycles. The second kappa shape index (κ2) is 3.82. The number of nitrogens with zero attached hydrogens (tertiary/aromatic N) is 3. The molecule has 4 nitrogen and oxygen atoms in total. The molecule has 0 aliphatic carbocycles. The second-order valence-electron chi connectivity index (χ2n) is 3.32. The lowest BCUT2D eigenvalue weighted by molar-refractivity contribution is 1.14. The van der Waals surface area contributed by atoms with Gasteiger partial charge in [-0.25, -0.2) is 15.0 Å². The van der Waals surface area contributed by atoms with Crippen molar-refractivity contribution in [3.05, 3.63) is 40.4 Å². The Morgan fingerprint density at radius 3 is 2.69 bits per heavy atom. The third-order valence-corrected chi connectivity index (χ3v) is 2.78. The van der Waals surface area contributed by atoms with E-state index in [-0.39, 0.29) is 0 Å². The Balaban J connectivity index is 2.19. The van der Waals surface area contributed by atoms with Gasteiger partial charge in [-0.15, -0.1) is 0 Å². The van der Waals surface area contributed by atoms with Crippen LogP contribution < -0.4 is 0 Å². The minimum absolute atomic E-state index is 0.716. The van der Waals surface area contributed by atoms with Crippen molar-refractivity contribution >= 4 is 33.8 Å². The van der Waals surface area contributed by atoms with Crippen LogP contribution in [0.4, 0.5) is 0 Å². The van der Waals surface area contributed by atoms with Crippen molar-refractivity contribution in [2.75, 3.05) is 0 Å². The molecule has 3 aromatic rings. The van der Waals surface area contributed by atoms with Crippen LogP contribution in [0, 0.1) is 3.83 Å². The van der Waals surface area contributed by atoms with Gasteiger partial charge in [0, 0.05) is 28.2 Å². The number of fused-ring (bicyclic) bond motifs is 1. The molecule has 1 N–H and O–H groups in total. The lowest BCUT2D eigenvalue weighted by atomic mass is 10.2. The van der Waals surface area contributed by atoms with Crippen LogP contribution in [0.25, 0.3) is 22.6 Å². The van der Waals surface area contributed by atoms with Gasteiger partial charge >= 0.3 is 0 Å². The Morgan fingerprint density at radius 1 is 1.06 bits per heavy atom. The average molecular weight is 322 g/mol. The highest BCUT2D eigenvalue weighted by molar-refractivity contribution is 14.1. The summed E-state index contributed by atoms with van der Waals surface area (Å²) in [6, 6.07) is 9.97. The molecule has 3 rings (SSSR count). The zero-order valence-corrected chi connectivity index (χ0v) is 10.3. The van der Waals surface area contributed by atoms with E-state index in [4.69, 9.17) is 0 Å². The largest absolute Gasteiger partial charge is 0.322 e. The fourth-order valence-corrected chi connectivity index (χ4v) is 1.90. The van der Waals surface area contributed by atoms with Crippen LogP contribution in [-0.4, -0.2) is 19.9 Å². The number of rotatable bonds is 1. The molecule has 0 atom stereocenters. The van der Waals surface area contributed by atoms with Crippen molar-refractivity contribution in [3.63, 3.8) is 0 Å². The van der Waals surface area contributed by atoms with E-state index in [2.05, 4.69) is 42.5 Å². The topological polar surface area (TPSA) is 54.5 Å². The first-order chi connectivity index (χ1) is 7.83. The molecule has 2 aromatic heterocycles. The van der Waals surface area contributed by atoms with Crippen molar-refractivity contribution in [3.8, 4) is 11.4 Å². The summed E-state index contributed by atoms with van der Waals surface area (Å²) in [5.74, 6) is 0.826. The van der Waals surface area contributed by atoms with Crippen LogP contribution >= 0.6 is 22.6 Å². The van der Waals surface area contributed by atoms with Crippen LogP contribution in [-0.2, 0) is 0 Å². The highest BCUT2D eigenvalue weighted by atomic mass is 127. The summed E-state index contributed by atoms with van der Waals surface area (Å²) in [7, 11) is 0. The summed E-state index contributed by atoms with van der Waals surface area (Å²) in [5.41, 5.74) is 2.62. The molecular weight excluding hydrogens is 315 g/mol. The smallest absolute Gasteiger partial charge is 0.192 e. The van der Waals surface area contributed by atoms with Crippen molar-refractivity contribution < 1.29 is 0 Å². The Kier molecular flexibility index (Phi) is 2.32. The van der Waals surface area contributed by atoms with Crippen LogP contribution in [0.3, 0.4) is 0 Å². The normalized spacial score (nSPS) is 10.8. The fourth-order valence-electron chi connectivity index (χ4n) is 1.52. The maximum Gasteiger partial charge on any atom is 0.192 e. The molecular formula is C11H7IN4. The van der Waals surface area contributed by atoms with Crippen LogP contribution in [0.15, 0.2) is 36.5 Å². The van der Waals surface area contributed by atoms with E-state index in [1.165, 1.54) is 0 Å². The second-order valence-corrected chi connectivity index (χ2v) is 4.29. The average Bonchev–Trinajstić information content (AvgIpc) is 2.73. The van der Waals surface area contributed by atoms with Gasteiger partial charge in [0.1, 0.15) is 11.3 Å². The van der Waals surface area contributed by atoms with Gasteiger partial charge in [0.25, 0.3) is 0 Å². The van der Waals surface area contributed by atoms with E-state index in [9.17, 15) is 0 Å². The van der Waals surface area contributed by atoms with Gasteiger partial charge in [-0.1, -0.05) is 30.3 Å². The first-order valence-corrected chi connectivity index (χ1v) is 5.84. The van der Waals surface area contributed by atoms with E-state index in [0.29, 0.717) is 3.83 Å². The van der Waals surface area contributed by atoms with Gasteiger partial charge in [0.05, 0.1) is 6.20 Å². The van der Waals surface area contributed by atoms with Gasteiger partial charge in [0.2, 0.25) is 0 Å². The van der Waals surface area contributed by atoms with Gasteiger partial charge in [-0.2, -0.15) is 0 Å². The number of aromatic amines is 1. The van der Waals surface area contributed by atoms with E-state index in [0.717, 1.165) is 22.6 Å². The molecule has 0 amide bonds. The molecule has 16 heavy (non-hydrogen) atoms. The Bertz CT molecular complexity index is 633. The lowest BCUT2D eigenvalue weighted by Crippen LogP contribution is -1.85. The van der Waals surface area contributed by atoms with Gasteiger partial charge in [-0.3, -0.25) is 0 Å². The Hall–Kier alpha value is -1.50. The molecule has 0 saturated carbocycles. The highest BCUT2D eigenvalue weighted by Gasteiger charge is 2.06. The monoisotopic (exact) mass is 322 g/mol. The molecule has 0 fully saturated rings. The number of aromatic nitrogens is 4. The molecule has 0 unspecified atom stereocenters. The predicted molar refractivity (Wildman–Crippen MR) is 69.8 cm³/mol. The molecule has 0 radical (unpaired) electrons. The maximum absolute atomic E-state index is 4.44. The fraction of sp³-hybridized carbons (Fsp3) is 0. The minimum Gasteiger partial charge on any atom is -0.322 e. The highest BCUT2D eigenvalue weighted by Crippen LogP contribution is 2.18. The number of halogens is 1. The van der Waals surface area contributed by atoms with Crippen molar-refractivity contribution in [2.45, 2.75) is 0 Å². The molecule has 0 bridgehead atoms. The SMILES string of the molecule is Ic1ncc2nc(-c3ccccc3)[nH]c2n1. The number of hydrogen-bond donors (Lipinski definition) is 1. The number of benzene rings is 1. The number of hydrogen-bond acceptors (Lipinski definition) is 3. The standard InChI is InChI=1S/C11H7IN4/c12-11-13-6-8-10(16-11)15-9(14-8)7-4-2-1-3-5-7/h1-6H,(H,13,14,15,16). The van der Waals surface area contributed by atoms with Crippen LogP contribution in [0.5, 0.6) is 0 Å². The maximum atomic E-state index is 4.44. The van der Waals surface area contributed by atoms with Gasteiger partial charge < -0.3 is 4.98 Å². The summed E-state index contributed by atoms with van der Waals surface area (Å²) in [5, 5.41) is 0. The molecule has 5 heteroatoms. The molecule has 0 aliphatic rings.